The zero-order valence-electron chi connectivity index (χ0n) is 18.9. The van der Waals surface area contributed by atoms with Crippen LogP contribution in [0.2, 0.25) is 0 Å². The summed E-state index contributed by atoms with van der Waals surface area (Å²) in [5.41, 5.74) is 0.911. The molecule has 0 aliphatic carbocycles. The molecule has 1 saturated heterocycles. The average Bonchev–Trinajstić information content (AvgIpc) is 3.28. The molecule has 3 aromatic rings. The third-order valence-corrected chi connectivity index (χ3v) is 6.43. The van der Waals surface area contributed by atoms with E-state index >= 15 is 0 Å². The molecule has 4 rings (SSSR count). The minimum Gasteiger partial charge on any atom is -0.377 e. The number of hydrogen-bond donors (Lipinski definition) is 1. The Labute approximate surface area is 196 Å². The van der Waals surface area contributed by atoms with Gasteiger partial charge in [0.15, 0.2) is 0 Å². The number of benzene rings is 2. The van der Waals surface area contributed by atoms with Crippen molar-refractivity contribution < 1.29 is 18.0 Å². The molecule has 8 heteroatoms. The van der Waals surface area contributed by atoms with Crippen LogP contribution in [0.15, 0.2) is 73.2 Å². The van der Waals surface area contributed by atoms with Crippen molar-refractivity contribution in [3.8, 4) is 0 Å². The van der Waals surface area contributed by atoms with Gasteiger partial charge in [-0.1, -0.05) is 48.5 Å². The van der Waals surface area contributed by atoms with E-state index in [2.05, 4.69) is 22.5 Å². The Balaban J connectivity index is 1.47. The number of rotatable bonds is 6. The lowest BCUT2D eigenvalue weighted by atomic mass is 9.72. The number of nitrogens with one attached hydrogen (secondary N) is 1. The molecule has 1 amide bonds. The number of aryl methyl sites for hydroxylation is 1. The number of carbonyl (C=O) groups is 1. The number of piperidine rings is 1. The lowest BCUT2D eigenvalue weighted by Crippen LogP contribution is -2.47. The van der Waals surface area contributed by atoms with Gasteiger partial charge < -0.3 is 10.2 Å². The lowest BCUT2D eigenvalue weighted by Gasteiger charge is -2.42. The normalized spacial score (nSPS) is 16.1. The molecule has 2 aromatic carbocycles. The fourth-order valence-corrected chi connectivity index (χ4v) is 4.44. The fraction of sp³-hybridized carbons (Fsp3) is 0.308. The van der Waals surface area contributed by atoms with Gasteiger partial charge in [0.2, 0.25) is 0 Å². The molecule has 1 aromatic heterocycles. The molecule has 0 spiro atoms. The standard InChI is InChI=1S/C26H27F3N4O/c1-32-18-21(17-31-32)24(34)30-19-25(22-8-3-2-4-9-22)12-15-33(16-13-25)14-11-20-7-5-6-10-23(20)26(27,28)29/h2-11,14,17-18H,12-13,15-16,19H2,1H3,(H,30,34). The second kappa shape index (κ2) is 9.75. The Hall–Kier alpha value is -3.55. The second-order valence-electron chi connectivity index (χ2n) is 8.67. The summed E-state index contributed by atoms with van der Waals surface area (Å²) < 4.78 is 41.5. The molecule has 5 nitrogen and oxygen atoms in total. The SMILES string of the molecule is Cn1cc(C(=O)NCC2(c3ccccc3)CCN(C=Cc3ccccc3C(F)(F)F)CC2)cn1. The molecule has 178 valence electrons. The molecule has 2 heterocycles. The van der Waals surface area contributed by atoms with Crippen molar-refractivity contribution in [1.29, 1.82) is 0 Å². The molecule has 1 fully saturated rings. The van der Waals surface area contributed by atoms with Crippen molar-refractivity contribution in [3.63, 3.8) is 0 Å². The molecule has 0 saturated carbocycles. The zero-order valence-corrected chi connectivity index (χ0v) is 18.9. The van der Waals surface area contributed by atoms with E-state index in [4.69, 9.17) is 0 Å². The van der Waals surface area contributed by atoms with Crippen LogP contribution >= 0.6 is 0 Å². The number of halogens is 3. The maximum Gasteiger partial charge on any atom is 0.416 e. The number of nitrogens with zero attached hydrogens (tertiary/aromatic N) is 3. The van der Waals surface area contributed by atoms with Gasteiger partial charge in [0.1, 0.15) is 0 Å². The maximum atomic E-state index is 13.3. The molecule has 34 heavy (non-hydrogen) atoms. The predicted molar refractivity (Wildman–Crippen MR) is 125 cm³/mol. The van der Waals surface area contributed by atoms with Crippen LogP contribution in [-0.4, -0.2) is 40.2 Å². The highest BCUT2D eigenvalue weighted by atomic mass is 19.4. The Morgan fingerprint density at radius 3 is 2.41 bits per heavy atom. The van der Waals surface area contributed by atoms with E-state index in [1.165, 1.54) is 24.4 Å². The molecule has 1 aliphatic rings. The highest BCUT2D eigenvalue weighted by molar-refractivity contribution is 5.93. The second-order valence-corrected chi connectivity index (χ2v) is 8.67. The van der Waals surface area contributed by atoms with E-state index in [1.54, 1.807) is 30.2 Å². The number of amides is 1. The Morgan fingerprint density at radius 1 is 1.09 bits per heavy atom. The number of hydrogen-bond acceptors (Lipinski definition) is 3. The Morgan fingerprint density at radius 2 is 1.76 bits per heavy atom. The zero-order chi connectivity index (χ0) is 24.2. The molecule has 0 radical (unpaired) electrons. The van der Waals surface area contributed by atoms with Crippen LogP contribution in [-0.2, 0) is 18.6 Å². The van der Waals surface area contributed by atoms with E-state index in [-0.39, 0.29) is 16.9 Å². The summed E-state index contributed by atoms with van der Waals surface area (Å²) in [6.45, 7) is 1.81. The first-order valence-corrected chi connectivity index (χ1v) is 11.2. The first kappa shape index (κ1) is 23.6. The smallest absolute Gasteiger partial charge is 0.377 e. The van der Waals surface area contributed by atoms with E-state index in [0.29, 0.717) is 25.2 Å². The van der Waals surface area contributed by atoms with Crippen molar-refractivity contribution in [2.45, 2.75) is 24.4 Å². The molecule has 0 bridgehead atoms. The average molecular weight is 469 g/mol. The van der Waals surface area contributed by atoms with Gasteiger partial charge in [-0.2, -0.15) is 18.3 Å². The minimum atomic E-state index is -4.39. The molecule has 1 aliphatic heterocycles. The van der Waals surface area contributed by atoms with Crippen LogP contribution in [0.1, 0.15) is 39.9 Å². The highest BCUT2D eigenvalue weighted by Gasteiger charge is 2.36. The van der Waals surface area contributed by atoms with Gasteiger partial charge in [-0.05, 0) is 42.3 Å². The predicted octanol–water partition coefficient (Wildman–Crippen LogP) is 4.87. The number of likely N-dealkylation sites (tertiary alicyclic amines) is 1. The molecule has 0 unspecified atom stereocenters. The van der Waals surface area contributed by atoms with Crippen LogP contribution in [0.3, 0.4) is 0 Å². The largest absolute Gasteiger partial charge is 0.416 e. The monoisotopic (exact) mass is 468 g/mol. The summed E-state index contributed by atoms with van der Waals surface area (Å²) >= 11 is 0. The van der Waals surface area contributed by atoms with Crippen LogP contribution in [0, 0.1) is 0 Å². The van der Waals surface area contributed by atoms with Gasteiger partial charge in [-0.3, -0.25) is 9.48 Å². The Kier molecular flexibility index (Phi) is 6.77. The summed E-state index contributed by atoms with van der Waals surface area (Å²) in [6.07, 6.45) is 3.62. The van der Waals surface area contributed by atoms with E-state index in [0.717, 1.165) is 24.5 Å². The first-order chi connectivity index (χ1) is 16.3. The summed E-state index contributed by atoms with van der Waals surface area (Å²) in [4.78, 5) is 14.7. The van der Waals surface area contributed by atoms with Crippen LogP contribution in [0.5, 0.6) is 0 Å². The van der Waals surface area contributed by atoms with Crippen molar-refractivity contribution in [2.75, 3.05) is 19.6 Å². The summed E-state index contributed by atoms with van der Waals surface area (Å²) in [5.74, 6) is -0.172. The minimum absolute atomic E-state index is 0.152. The van der Waals surface area contributed by atoms with Gasteiger partial charge in [0.25, 0.3) is 5.91 Å². The lowest BCUT2D eigenvalue weighted by molar-refractivity contribution is -0.137. The Bertz CT molecular complexity index is 1150. The summed E-state index contributed by atoms with van der Waals surface area (Å²) in [7, 11) is 1.76. The third kappa shape index (κ3) is 5.32. The van der Waals surface area contributed by atoms with Crippen molar-refractivity contribution >= 4 is 12.0 Å². The highest BCUT2D eigenvalue weighted by Crippen LogP contribution is 2.36. The number of carbonyl (C=O) groups excluding carboxylic acids is 1. The summed E-state index contributed by atoms with van der Waals surface area (Å²) in [5, 5.41) is 7.12. The first-order valence-electron chi connectivity index (χ1n) is 11.2. The maximum absolute atomic E-state index is 13.3. The van der Waals surface area contributed by atoms with E-state index < -0.39 is 11.7 Å². The van der Waals surface area contributed by atoms with Crippen LogP contribution < -0.4 is 5.32 Å². The topological polar surface area (TPSA) is 50.2 Å². The van der Waals surface area contributed by atoms with Crippen LogP contribution in [0.25, 0.3) is 6.08 Å². The van der Waals surface area contributed by atoms with Crippen molar-refractivity contribution in [2.24, 2.45) is 7.05 Å². The molecular weight excluding hydrogens is 441 g/mol. The van der Waals surface area contributed by atoms with Crippen molar-refractivity contribution in [3.05, 3.63) is 95.4 Å². The molecule has 1 N–H and O–H groups in total. The summed E-state index contributed by atoms with van der Waals surface area (Å²) in [6, 6.07) is 15.7. The van der Waals surface area contributed by atoms with Gasteiger partial charge in [0.05, 0.1) is 17.3 Å². The fourth-order valence-electron chi connectivity index (χ4n) is 4.44. The van der Waals surface area contributed by atoms with Gasteiger partial charge in [0, 0.05) is 38.3 Å². The van der Waals surface area contributed by atoms with Gasteiger partial charge in [-0.25, -0.2) is 0 Å². The van der Waals surface area contributed by atoms with Crippen LogP contribution in [0.4, 0.5) is 13.2 Å². The number of aromatic nitrogens is 2. The van der Waals surface area contributed by atoms with Gasteiger partial charge >= 0.3 is 6.18 Å². The molecular formula is C26H27F3N4O. The third-order valence-electron chi connectivity index (χ3n) is 6.43. The quantitative estimate of drug-likeness (QED) is 0.562. The van der Waals surface area contributed by atoms with Crippen molar-refractivity contribution in [1.82, 2.24) is 20.0 Å². The molecule has 0 atom stereocenters. The number of alkyl halides is 3. The van der Waals surface area contributed by atoms with E-state index in [1.807, 2.05) is 23.1 Å². The van der Waals surface area contributed by atoms with Gasteiger partial charge in [-0.15, -0.1) is 0 Å². The van der Waals surface area contributed by atoms with E-state index in [9.17, 15) is 18.0 Å².